The molecule has 2 heterocycles. The summed E-state index contributed by atoms with van der Waals surface area (Å²) in [6, 6.07) is 7.61. The van der Waals surface area contributed by atoms with Gasteiger partial charge in [0.15, 0.2) is 5.96 Å². The van der Waals surface area contributed by atoms with Crippen molar-refractivity contribution >= 4 is 23.5 Å². The second-order valence-electron chi connectivity index (χ2n) is 6.28. The van der Waals surface area contributed by atoms with Gasteiger partial charge in [-0.1, -0.05) is 23.7 Å². The van der Waals surface area contributed by atoms with Crippen LogP contribution in [-0.2, 0) is 17.9 Å². The van der Waals surface area contributed by atoms with E-state index in [4.69, 9.17) is 11.6 Å². The molecule has 0 spiro atoms. The highest BCUT2D eigenvalue weighted by Crippen LogP contribution is 2.14. The maximum Gasteiger partial charge on any atom is 0.242 e. The molecule has 7 nitrogen and oxygen atoms in total. The van der Waals surface area contributed by atoms with Crippen LogP contribution in [0.25, 0.3) is 0 Å². The maximum atomic E-state index is 12.5. The molecule has 26 heavy (non-hydrogen) atoms. The molecule has 2 N–H and O–H groups in total. The van der Waals surface area contributed by atoms with Crippen molar-refractivity contribution in [2.45, 2.75) is 20.0 Å². The van der Waals surface area contributed by atoms with Crippen LogP contribution in [0.2, 0.25) is 5.02 Å². The zero-order chi connectivity index (χ0) is 18.5. The molecule has 8 heteroatoms. The summed E-state index contributed by atoms with van der Waals surface area (Å²) in [4.78, 5) is 20.7. The SMILES string of the molecule is CN=C(NCc1cn[nH]c1C)N1CCN(Cc2ccc(Cl)cc2)C(=O)C1. The molecule has 3 rings (SSSR count). The number of hydrogen-bond acceptors (Lipinski definition) is 3. The summed E-state index contributed by atoms with van der Waals surface area (Å²) in [5.41, 5.74) is 3.19. The standard InChI is InChI=1S/C18H23ClN6O/c1-13-15(10-22-23-13)9-21-18(20-2)25-8-7-24(17(26)12-25)11-14-3-5-16(19)6-4-14/h3-6,10H,7-9,11-12H2,1-2H3,(H,20,21)(H,22,23). The van der Waals surface area contributed by atoms with Crippen LogP contribution < -0.4 is 5.32 Å². The minimum Gasteiger partial charge on any atom is -0.352 e. The Morgan fingerprint density at radius 3 is 2.73 bits per heavy atom. The van der Waals surface area contributed by atoms with E-state index in [9.17, 15) is 4.79 Å². The molecule has 0 unspecified atom stereocenters. The summed E-state index contributed by atoms with van der Waals surface area (Å²) >= 11 is 5.92. The van der Waals surface area contributed by atoms with E-state index in [0.29, 0.717) is 31.2 Å². The number of rotatable bonds is 4. The van der Waals surface area contributed by atoms with Gasteiger partial charge < -0.3 is 15.1 Å². The number of hydrogen-bond donors (Lipinski definition) is 2. The van der Waals surface area contributed by atoms with E-state index in [1.165, 1.54) is 0 Å². The van der Waals surface area contributed by atoms with Crippen molar-refractivity contribution < 1.29 is 4.79 Å². The number of benzene rings is 1. The first-order valence-electron chi connectivity index (χ1n) is 8.53. The molecule has 1 amide bonds. The van der Waals surface area contributed by atoms with Crippen LogP contribution in [0.4, 0.5) is 0 Å². The fraction of sp³-hybridized carbons (Fsp3) is 0.389. The number of aromatic amines is 1. The molecule has 0 bridgehead atoms. The molecule has 1 aromatic heterocycles. The lowest BCUT2D eigenvalue weighted by atomic mass is 10.2. The van der Waals surface area contributed by atoms with Gasteiger partial charge >= 0.3 is 0 Å². The lowest BCUT2D eigenvalue weighted by Crippen LogP contribution is -2.54. The number of halogens is 1. The summed E-state index contributed by atoms with van der Waals surface area (Å²) in [6.45, 7) is 4.91. The van der Waals surface area contributed by atoms with Crippen molar-refractivity contribution in [3.05, 3.63) is 52.3 Å². The summed E-state index contributed by atoms with van der Waals surface area (Å²) in [5.74, 6) is 0.818. The number of aromatic nitrogens is 2. The summed E-state index contributed by atoms with van der Waals surface area (Å²) in [5, 5.41) is 10.9. The Labute approximate surface area is 158 Å². The van der Waals surface area contributed by atoms with Gasteiger partial charge in [0.2, 0.25) is 5.91 Å². The summed E-state index contributed by atoms with van der Waals surface area (Å²) in [7, 11) is 1.73. The van der Waals surface area contributed by atoms with Crippen molar-refractivity contribution in [1.29, 1.82) is 0 Å². The number of carbonyl (C=O) groups excluding carboxylic acids is 1. The van der Waals surface area contributed by atoms with Crippen LogP contribution in [0.15, 0.2) is 35.5 Å². The summed E-state index contributed by atoms with van der Waals surface area (Å²) in [6.07, 6.45) is 1.80. The van der Waals surface area contributed by atoms with Crippen molar-refractivity contribution in [2.75, 3.05) is 26.7 Å². The van der Waals surface area contributed by atoms with Gasteiger partial charge in [0, 0.05) is 49.5 Å². The second kappa shape index (κ2) is 8.23. The van der Waals surface area contributed by atoms with Gasteiger partial charge in [-0.3, -0.25) is 14.9 Å². The first kappa shape index (κ1) is 18.3. The van der Waals surface area contributed by atoms with Crippen LogP contribution in [0.1, 0.15) is 16.8 Å². The molecule has 1 fully saturated rings. The minimum absolute atomic E-state index is 0.0913. The Bertz CT molecular complexity index is 785. The van der Waals surface area contributed by atoms with Gasteiger partial charge in [-0.2, -0.15) is 5.10 Å². The number of aliphatic imine (C=N–C) groups is 1. The summed E-state index contributed by atoms with van der Waals surface area (Å²) < 4.78 is 0. The van der Waals surface area contributed by atoms with Crippen LogP contribution in [0, 0.1) is 6.92 Å². The van der Waals surface area contributed by atoms with Crippen molar-refractivity contribution in [2.24, 2.45) is 4.99 Å². The second-order valence-corrected chi connectivity index (χ2v) is 6.72. The van der Waals surface area contributed by atoms with E-state index < -0.39 is 0 Å². The monoisotopic (exact) mass is 374 g/mol. The number of guanidine groups is 1. The van der Waals surface area contributed by atoms with Gasteiger partial charge in [0.25, 0.3) is 0 Å². The third kappa shape index (κ3) is 4.35. The molecule has 2 aromatic rings. The zero-order valence-corrected chi connectivity index (χ0v) is 15.8. The van der Waals surface area contributed by atoms with Crippen molar-refractivity contribution in [1.82, 2.24) is 25.3 Å². The van der Waals surface area contributed by atoms with Gasteiger partial charge in [0.1, 0.15) is 0 Å². The fourth-order valence-corrected chi connectivity index (χ4v) is 3.05. The molecule has 1 aromatic carbocycles. The number of amides is 1. The highest BCUT2D eigenvalue weighted by atomic mass is 35.5. The van der Waals surface area contributed by atoms with E-state index in [1.54, 1.807) is 13.2 Å². The van der Waals surface area contributed by atoms with Gasteiger partial charge in [-0.25, -0.2) is 0 Å². The molecule has 1 saturated heterocycles. The third-order valence-electron chi connectivity index (χ3n) is 4.49. The van der Waals surface area contributed by atoms with Crippen LogP contribution in [-0.4, -0.2) is 58.5 Å². The minimum atomic E-state index is 0.0913. The Kier molecular flexibility index (Phi) is 5.78. The predicted octanol–water partition coefficient (Wildman–Crippen LogP) is 1.79. The average Bonchev–Trinajstić information content (AvgIpc) is 3.04. The smallest absolute Gasteiger partial charge is 0.242 e. The largest absolute Gasteiger partial charge is 0.352 e. The van der Waals surface area contributed by atoms with Gasteiger partial charge in [-0.05, 0) is 24.6 Å². The number of nitrogens with one attached hydrogen (secondary N) is 2. The number of piperazine rings is 1. The molecule has 0 saturated carbocycles. The van der Waals surface area contributed by atoms with Crippen LogP contribution in [0.3, 0.4) is 0 Å². The van der Waals surface area contributed by atoms with E-state index in [1.807, 2.05) is 41.0 Å². The van der Waals surface area contributed by atoms with Crippen LogP contribution in [0.5, 0.6) is 0 Å². The first-order valence-corrected chi connectivity index (χ1v) is 8.91. The van der Waals surface area contributed by atoms with Crippen molar-refractivity contribution in [3.63, 3.8) is 0 Å². The number of nitrogens with zero attached hydrogens (tertiary/aromatic N) is 4. The molecule has 0 radical (unpaired) electrons. The Morgan fingerprint density at radius 2 is 2.12 bits per heavy atom. The van der Waals surface area contributed by atoms with E-state index >= 15 is 0 Å². The van der Waals surface area contributed by atoms with E-state index in [2.05, 4.69) is 20.5 Å². The maximum absolute atomic E-state index is 12.5. The lowest BCUT2D eigenvalue weighted by Gasteiger charge is -2.36. The molecule has 138 valence electrons. The molecular formula is C18H23ClN6O. The van der Waals surface area contributed by atoms with E-state index in [0.717, 1.165) is 29.3 Å². The van der Waals surface area contributed by atoms with Gasteiger partial charge in [-0.15, -0.1) is 0 Å². The fourth-order valence-electron chi connectivity index (χ4n) is 2.93. The predicted molar refractivity (Wildman–Crippen MR) is 102 cm³/mol. The topological polar surface area (TPSA) is 76.6 Å². The third-order valence-corrected chi connectivity index (χ3v) is 4.74. The highest BCUT2D eigenvalue weighted by molar-refractivity contribution is 6.30. The molecule has 0 atom stereocenters. The molecule has 0 aliphatic carbocycles. The normalized spacial score (nSPS) is 15.5. The highest BCUT2D eigenvalue weighted by Gasteiger charge is 2.26. The van der Waals surface area contributed by atoms with Crippen molar-refractivity contribution in [3.8, 4) is 0 Å². The molecule has 1 aliphatic heterocycles. The Morgan fingerprint density at radius 1 is 1.35 bits per heavy atom. The molecular weight excluding hydrogens is 352 g/mol. The number of aryl methyl sites for hydroxylation is 1. The molecule has 1 aliphatic rings. The van der Waals surface area contributed by atoms with Crippen LogP contribution >= 0.6 is 11.6 Å². The number of carbonyl (C=O) groups is 1. The zero-order valence-electron chi connectivity index (χ0n) is 15.0. The number of H-pyrrole nitrogens is 1. The Hall–Kier alpha value is -2.54. The average molecular weight is 375 g/mol. The first-order chi connectivity index (χ1) is 12.6. The van der Waals surface area contributed by atoms with Gasteiger partial charge in [0.05, 0.1) is 12.7 Å². The lowest BCUT2D eigenvalue weighted by molar-refractivity contribution is -0.135. The van der Waals surface area contributed by atoms with E-state index in [-0.39, 0.29) is 5.91 Å². The quantitative estimate of drug-likeness (QED) is 0.632. The Balaban J connectivity index is 1.55.